The molecule has 2 N–H and O–H groups in total. The Bertz CT molecular complexity index is 60.0. The molecule has 0 saturated carbocycles. The van der Waals surface area contributed by atoms with Gasteiger partial charge in [0, 0.05) is 5.92 Å². The van der Waals surface area contributed by atoms with Crippen LogP contribution in [0.4, 0.5) is 8.78 Å². The van der Waals surface area contributed by atoms with Crippen molar-refractivity contribution in [2.45, 2.75) is 13.3 Å². The van der Waals surface area contributed by atoms with Gasteiger partial charge in [-0.3, -0.25) is 0 Å². The Kier molecular flexibility index (Phi) is 3.64. The van der Waals surface area contributed by atoms with Crippen molar-refractivity contribution in [3.63, 3.8) is 0 Å². The number of rotatable bonds is 3. The number of halogens is 2. The van der Waals surface area contributed by atoms with E-state index in [2.05, 4.69) is 10.7 Å². The highest BCUT2D eigenvalue weighted by Crippen LogP contribution is 2.06. The minimum absolute atomic E-state index is 0.0856. The van der Waals surface area contributed by atoms with Gasteiger partial charge in [0.15, 0.2) is 0 Å². The fourth-order valence-electron chi connectivity index (χ4n) is 0.225. The summed E-state index contributed by atoms with van der Waals surface area (Å²) < 4.78 is 23.0. The lowest BCUT2D eigenvalue weighted by Gasteiger charge is -2.05. The molecule has 0 radical (unpaired) electrons. The maximum absolute atomic E-state index is 11.5. The van der Waals surface area contributed by atoms with E-state index in [1.54, 1.807) is 0 Å². The van der Waals surface area contributed by atoms with Crippen LogP contribution in [0, 0.1) is 5.92 Å². The second-order valence-corrected chi connectivity index (χ2v) is 1.65. The molecule has 4 heteroatoms. The molecular formula is C4H9F2NO. The SMILES string of the molecule is CC(CON)C(F)F. The molecule has 0 amide bonds. The maximum atomic E-state index is 11.5. The number of nitrogens with two attached hydrogens (primary N) is 1. The number of hydrogen-bond acceptors (Lipinski definition) is 2. The predicted molar refractivity (Wildman–Crippen MR) is 25.3 cm³/mol. The molecule has 0 saturated heterocycles. The van der Waals surface area contributed by atoms with Gasteiger partial charge in [-0.2, -0.15) is 0 Å². The Balaban J connectivity index is 3.17. The molecule has 8 heavy (non-hydrogen) atoms. The smallest absolute Gasteiger partial charge is 0.243 e. The molecule has 0 fully saturated rings. The molecule has 0 heterocycles. The zero-order chi connectivity index (χ0) is 6.57. The molecule has 50 valence electrons. The Morgan fingerprint density at radius 1 is 1.62 bits per heavy atom. The Labute approximate surface area is 46.6 Å². The Morgan fingerprint density at radius 2 is 2.12 bits per heavy atom. The van der Waals surface area contributed by atoms with E-state index < -0.39 is 12.3 Å². The minimum Gasteiger partial charge on any atom is -0.304 e. The van der Waals surface area contributed by atoms with Crippen LogP contribution < -0.4 is 5.90 Å². The molecule has 0 bridgehead atoms. The van der Waals surface area contributed by atoms with Crippen molar-refractivity contribution in [2.24, 2.45) is 11.8 Å². The van der Waals surface area contributed by atoms with Crippen molar-refractivity contribution in [1.29, 1.82) is 0 Å². The summed E-state index contributed by atoms with van der Waals surface area (Å²) in [5.41, 5.74) is 0. The van der Waals surface area contributed by atoms with Gasteiger partial charge in [0.25, 0.3) is 0 Å². The van der Waals surface area contributed by atoms with Crippen molar-refractivity contribution in [1.82, 2.24) is 0 Å². The molecular weight excluding hydrogens is 116 g/mol. The summed E-state index contributed by atoms with van der Waals surface area (Å²) in [6.07, 6.45) is -2.33. The molecule has 0 spiro atoms. The van der Waals surface area contributed by atoms with Gasteiger partial charge in [-0.1, -0.05) is 6.92 Å². The van der Waals surface area contributed by atoms with E-state index in [1.807, 2.05) is 0 Å². The van der Waals surface area contributed by atoms with Gasteiger partial charge in [-0.05, 0) is 0 Å². The highest BCUT2D eigenvalue weighted by molar-refractivity contribution is 4.50. The zero-order valence-corrected chi connectivity index (χ0v) is 4.60. The lowest BCUT2D eigenvalue weighted by atomic mass is 10.2. The monoisotopic (exact) mass is 125 g/mol. The van der Waals surface area contributed by atoms with Crippen molar-refractivity contribution < 1.29 is 13.6 Å². The van der Waals surface area contributed by atoms with E-state index >= 15 is 0 Å². The first-order chi connectivity index (χ1) is 3.68. The molecule has 2 nitrogen and oxygen atoms in total. The van der Waals surface area contributed by atoms with Gasteiger partial charge in [0.1, 0.15) is 0 Å². The molecule has 0 rings (SSSR count). The normalized spacial score (nSPS) is 14.6. The lowest BCUT2D eigenvalue weighted by Crippen LogP contribution is -2.16. The largest absolute Gasteiger partial charge is 0.304 e. The maximum Gasteiger partial charge on any atom is 0.243 e. The van der Waals surface area contributed by atoms with Crippen LogP contribution in [0.1, 0.15) is 6.92 Å². The van der Waals surface area contributed by atoms with Crippen LogP contribution in [0.15, 0.2) is 0 Å². The Morgan fingerprint density at radius 3 is 2.25 bits per heavy atom. The predicted octanol–water partition coefficient (Wildman–Crippen LogP) is 0.778. The van der Waals surface area contributed by atoms with Crippen LogP contribution in [0.25, 0.3) is 0 Å². The van der Waals surface area contributed by atoms with E-state index in [0.29, 0.717) is 0 Å². The average molecular weight is 125 g/mol. The molecule has 1 atom stereocenters. The molecule has 1 unspecified atom stereocenters. The van der Waals surface area contributed by atoms with Crippen LogP contribution in [0.2, 0.25) is 0 Å². The molecule has 0 aliphatic carbocycles. The number of hydrogen-bond donors (Lipinski definition) is 1. The highest BCUT2D eigenvalue weighted by atomic mass is 19.3. The topological polar surface area (TPSA) is 35.2 Å². The van der Waals surface area contributed by atoms with E-state index in [0.717, 1.165) is 0 Å². The van der Waals surface area contributed by atoms with Gasteiger partial charge >= 0.3 is 0 Å². The minimum atomic E-state index is -2.33. The summed E-state index contributed by atoms with van der Waals surface area (Å²) in [5, 5.41) is 0. The second-order valence-electron chi connectivity index (χ2n) is 1.65. The lowest BCUT2D eigenvalue weighted by molar-refractivity contribution is 0.0172. The van der Waals surface area contributed by atoms with Crippen molar-refractivity contribution in [2.75, 3.05) is 6.61 Å². The first kappa shape index (κ1) is 7.78. The zero-order valence-electron chi connectivity index (χ0n) is 4.60. The van der Waals surface area contributed by atoms with E-state index in [9.17, 15) is 8.78 Å². The van der Waals surface area contributed by atoms with E-state index in [4.69, 9.17) is 0 Å². The van der Waals surface area contributed by atoms with Crippen LogP contribution in [-0.4, -0.2) is 13.0 Å². The summed E-state index contributed by atoms with van der Waals surface area (Å²) in [5.74, 6) is 3.77. The molecule has 0 aromatic rings. The van der Waals surface area contributed by atoms with E-state index in [1.165, 1.54) is 6.92 Å². The van der Waals surface area contributed by atoms with Gasteiger partial charge in [0.05, 0.1) is 6.61 Å². The summed E-state index contributed by atoms with van der Waals surface area (Å²) in [7, 11) is 0. The first-order valence-electron chi connectivity index (χ1n) is 2.28. The highest BCUT2D eigenvalue weighted by Gasteiger charge is 2.13. The van der Waals surface area contributed by atoms with Crippen LogP contribution in [0.3, 0.4) is 0 Å². The first-order valence-corrected chi connectivity index (χ1v) is 2.28. The van der Waals surface area contributed by atoms with Crippen LogP contribution in [0.5, 0.6) is 0 Å². The third-order valence-corrected chi connectivity index (χ3v) is 0.789. The standard InChI is InChI=1S/C4H9F2NO/c1-3(2-8-7)4(5)6/h3-4H,2,7H2,1H3. The molecule has 0 aliphatic rings. The Hall–Kier alpha value is -0.220. The molecule has 0 aliphatic heterocycles. The number of alkyl halides is 2. The van der Waals surface area contributed by atoms with Crippen molar-refractivity contribution >= 4 is 0 Å². The van der Waals surface area contributed by atoms with Crippen molar-refractivity contribution in [3.05, 3.63) is 0 Å². The fourth-order valence-corrected chi connectivity index (χ4v) is 0.225. The summed E-state index contributed by atoms with van der Waals surface area (Å²) in [6, 6.07) is 0. The van der Waals surface area contributed by atoms with Gasteiger partial charge < -0.3 is 4.84 Å². The summed E-state index contributed by atoms with van der Waals surface area (Å²) >= 11 is 0. The molecule has 0 aromatic heterocycles. The van der Waals surface area contributed by atoms with Crippen molar-refractivity contribution in [3.8, 4) is 0 Å². The van der Waals surface area contributed by atoms with Gasteiger partial charge in [0.2, 0.25) is 6.43 Å². The van der Waals surface area contributed by atoms with Crippen LogP contribution >= 0.6 is 0 Å². The van der Waals surface area contributed by atoms with E-state index in [-0.39, 0.29) is 6.61 Å². The third kappa shape index (κ3) is 2.87. The van der Waals surface area contributed by atoms with Gasteiger partial charge in [-0.15, -0.1) is 0 Å². The van der Waals surface area contributed by atoms with Gasteiger partial charge in [-0.25, -0.2) is 14.7 Å². The summed E-state index contributed by atoms with van der Waals surface area (Å²) in [4.78, 5) is 3.98. The third-order valence-electron chi connectivity index (χ3n) is 0.789. The average Bonchev–Trinajstić information content (AvgIpc) is 1.67. The fraction of sp³-hybridized carbons (Fsp3) is 1.00. The quantitative estimate of drug-likeness (QED) is 0.565. The molecule has 0 aromatic carbocycles. The second kappa shape index (κ2) is 3.74. The summed E-state index contributed by atoms with van der Waals surface area (Å²) in [6.45, 7) is 1.29. The van der Waals surface area contributed by atoms with Crippen LogP contribution in [-0.2, 0) is 4.84 Å².